The van der Waals surface area contributed by atoms with Crippen LogP contribution >= 0.6 is 0 Å². The Morgan fingerprint density at radius 2 is 1.78 bits per heavy atom. The average Bonchev–Trinajstić information content (AvgIpc) is 2.56. The van der Waals surface area contributed by atoms with Gasteiger partial charge in [-0.2, -0.15) is 0 Å². The van der Waals surface area contributed by atoms with Crippen LogP contribution < -0.4 is 5.32 Å². The number of rotatable bonds is 5. The van der Waals surface area contributed by atoms with Gasteiger partial charge in [-0.1, -0.05) is 30.3 Å². The second-order valence-electron chi connectivity index (χ2n) is 5.51. The number of likely N-dealkylation sites (N-methyl/N-ethyl adjacent to an activating group) is 1. The van der Waals surface area contributed by atoms with Crippen LogP contribution in [0.4, 0.5) is 4.79 Å². The van der Waals surface area contributed by atoms with Crippen LogP contribution in [0.1, 0.15) is 39.3 Å². The SMILES string of the molecule is CCN(CC)C(=O)C1=C(C)N(CC)C(=O)NC1c1ccccc1. The van der Waals surface area contributed by atoms with E-state index in [2.05, 4.69) is 5.32 Å². The number of carbonyl (C=O) groups is 2. The summed E-state index contributed by atoms with van der Waals surface area (Å²) in [4.78, 5) is 28.8. The lowest BCUT2D eigenvalue weighted by Gasteiger charge is -2.36. The van der Waals surface area contributed by atoms with Crippen LogP contribution in [0, 0.1) is 0 Å². The van der Waals surface area contributed by atoms with E-state index in [0.29, 0.717) is 25.2 Å². The van der Waals surface area contributed by atoms with E-state index >= 15 is 0 Å². The third-order valence-corrected chi connectivity index (χ3v) is 4.33. The lowest BCUT2D eigenvalue weighted by atomic mass is 9.93. The fraction of sp³-hybridized carbons (Fsp3) is 0.444. The van der Waals surface area contributed by atoms with Crippen molar-refractivity contribution >= 4 is 11.9 Å². The maximum atomic E-state index is 13.0. The zero-order valence-electron chi connectivity index (χ0n) is 14.3. The van der Waals surface area contributed by atoms with E-state index in [9.17, 15) is 9.59 Å². The van der Waals surface area contributed by atoms with E-state index in [1.807, 2.05) is 58.0 Å². The number of nitrogens with one attached hydrogen (secondary N) is 1. The first kappa shape index (κ1) is 17.1. The van der Waals surface area contributed by atoms with Crippen molar-refractivity contribution in [2.45, 2.75) is 33.7 Å². The molecule has 0 saturated carbocycles. The number of nitrogens with zero attached hydrogens (tertiary/aromatic N) is 2. The lowest BCUT2D eigenvalue weighted by Crippen LogP contribution is -2.49. The molecule has 1 aliphatic rings. The van der Waals surface area contributed by atoms with Crippen molar-refractivity contribution < 1.29 is 9.59 Å². The highest BCUT2D eigenvalue weighted by molar-refractivity contribution is 5.98. The number of hydrogen-bond donors (Lipinski definition) is 1. The molecule has 2 rings (SSSR count). The standard InChI is InChI=1S/C18H25N3O2/c1-5-20(6-2)17(22)15-13(4)21(7-3)18(23)19-16(15)14-11-9-8-10-12-14/h8-12,16H,5-7H2,1-4H3,(H,19,23). The van der Waals surface area contributed by atoms with Crippen LogP contribution in [0.25, 0.3) is 0 Å². The molecule has 3 amide bonds. The molecule has 0 aromatic heterocycles. The molecule has 1 N–H and O–H groups in total. The minimum Gasteiger partial charge on any atom is -0.339 e. The fourth-order valence-corrected chi connectivity index (χ4v) is 3.02. The molecule has 0 aliphatic carbocycles. The van der Waals surface area contributed by atoms with E-state index in [-0.39, 0.29) is 11.9 Å². The van der Waals surface area contributed by atoms with Crippen LogP contribution in [0.3, 0.4) is 0 Å². The molecule has 1 aromatic rings. The summed E-state index contributed by atoms with van der Waals surface area (Å²) in [5.74, 6) is -0.0141. The summed E-state index contributed by atoms with van der Waals surface area (Å²) in [5.41, 5.74) is 2.31. The van der Waals surface area contributed by atoms with Crippen molar-refractivity contribution in [2.75, 3.05) is 19.6 Å². The number of amides is 3. The van der Waals surface area contributed by atoms with Crippen LogP contribution in [-0.2, 0) is 4.79 Å². The summed E-state index contributed by atoms with van der Waals surface area (Å²) in [5, 5.41) is 2.98. The fourth-order valence-electron chi connectivity index (χ4n) is 3.02. The van der Waals surface area contributed by atoms with Crippen LogP contribution in [0.15, 0.2) is 41.6 Å². The smallest absolute Gasteiger partial charge is 0.322 e. The Balaban J connectivity index is 2.54. The largest absolute Gasteiger partial charge is 0.339 e. The van der Waals surface area contributed by atoms with Crippen molar-refractivity contribution in [3.63, 3.8) is 0 Å². The molecule has 0 bridgehead atoms. The third kappa shape index (κ3) is 3.23. The van der Waals surface area contributed by atoms with Crippen molar-refractivity contribution in [1.82, 2.24) is 15.1 Å². The third-order valence-electron chi connectivity index (χ3n) is 4.33. The molecular weight excluding hydrogens is 290 g/mol. The highest BCUT2D eigenvalue weighted by Crippen LogP contribution is 2.31. The highest BCUT2D eigenvalue weighted by Gasteiger charge is 2.36. The first-order valence-corrected chi connectivity index (χ1v) is 8.18. The zero-order valence-corrected chi connectivity index (χ0v) is 14.3. The molecule has 1 aliphatic heterocycles. The van der Waals surface area contributed by atoms with Gasteiger partial charge >= 0.3 is 6.03 Å². The Hall–Kier alpha value is -2.30. The molecule has 124 valence electrons. The summed E-state index contributed by atoms with van der Waals surface area (Å²) < 4.78 is 0. The van der Waals surface area contributed by atoms with Gasteiger partial charge in [-0.3, -0.25) is 9.69 Å². The maximum Gasteiger partial charge on any atom is 0.322 e. The quantitative estimate of drug-likeness (QED) is 0.908. The molecule has 1 unspecified atom stereocenters. The molecule has 0 spiro atoms. The first-order chi connectivity index (χ1) is 11.0. The Kier molecular flexibility index (Phi) is 5.42. The monoisotopic (exact) mass is 315 g/mol. The number of hydrogen-bond acceptors (Lipinski definition) is 2. The topological polar surface area (TPSA) is 52.7 Å². The molecule has 0 saturated heterocycles. The average molecular weight is 315 g/mol. The summed E-state index contributed by atoms with van der Waals surface area (Å²) in [6.45, 7) is 9.53. The summed E-state index contributed by atoms with van der Waals surface area (Å²) in [7, 11) is 0. The van der Waals surface area contributed by atoms with Gasteiger partial charge in [-0.15, -0.1) is 0 Å². The van der Waals surface area contributed by atoms with Crippen molar-refractivity contribution in [2.24, 2.45) is 0 Å². The molecule has 0 fully saturated rings. The first-order valence-electron chi connectivity index (χ1n) is 8.18. The van der Waals surface area contributed by atoms with Crippen molar-refractivity contribution in [3.05, 3.63) is 47.2 Å². The van der Waals surface area contributed by atoms with Crippen LogP contribution in [-0.4, -0.2) is 41.4 Å². The minimum atomic E-state index is -0.403. The second-order valence-corrected chi connectivity index (χ2v) is 5.51. The van der Waals surface area contributed by atoms with Gasteiger partial charge in [0.1, 0.15) is 0 Å². The maximum absolute atomic E-state index is 13.0. The number of carbonyl (C=O) groups excluding carboxylic acids is 2. The molecule has 1 atom stereocenters. The summed E-state index contributed by atoms with van der Waals surface area (Å²) in [6, 6.07) is 9.08. The van der Waals surface area contributed by atoms with Gasteiger partial charge in [-0.25, -0.2) is 4.79 Å². The summed E-state index contributed by atoms with van der Waals surface area (Å²) in [6.07, 6.45) is 0. The van der Waals surface area contributed by atoms with Crippen molar-refractivity contribution in [3.8, 4) is 0 Å². The molecule has 0 radical (unpaired) electrons. The number of allylic oxidation sites excluding steroid dienone is 1. The van der Waals surface area contributed by atoms with Gasteiger partial charge in [0.05, 0.1) is 11.6 Å². The van der Waals surface area contributed by atoms with Crippen molar-refractivity contribution in [1.29, 1.82) is 0 Å². The van der Waals surface area contributed by atoms with E-state index < -0.39 is 6.04 Å². The Morgan fingerprint density at radius 1 is 1.17 bits per heavy atom. The lowest BCUT2D eigenvalue weighted by molar-refractivity contribution is -0.127. The molecule has 23 heavy (non-hydrogen) atoms. The van der Waals surface area contributed by atoms with Gasteiger partial charge in [0.2, 0.25) is 0 Å². The Labute approximate surface area is 138 Å². The minimum absolute atomic E-state index is 0.0141. The number of urea groups is 1. The second kappa shape index (κ2) is 7.31. The van der Waals surface area contributed by atoms with Gasteiger partial charge < -0.3 is 10.2 Å². The van der Waals surface area contributed by atoms with Gasteiger partial charge in [0.25, 0.3) is 5.91 Å². The predicted octanol–water partition coefficient (Wildman–Crippen LogP) is 2.92. The Morgan fingerprint density at radius 3 is 2.30 bits per heavy atom. The molecule has 5 heteroatoms. The van der Waals surface area contributed by atoms with Crippen LogP contribution in [0.5, 0.6) is 0 Å². The molecular formula is C18H25N3O2. The normalized spacial score (nSPS) is 18.0. The zero-order chi connectivity index (χ0) is 17.0. The van der Waals surface area contributed by atoms with Crippen LogP contribution in [0.2, 0.25) is 0 Å². The molecule has 1 heterocycles. The van der Waals surface area contributed by atoms with E-state index in [1.165, 1.54) is 0 Å². The molecule has 5 nitrogen and oxygen atoms in total. The van der Waals surface area contributed by atoms with Gasteiger partial charge in [-0.05, 0) is 33.3 Å². The predicted molar refractivity (Wildman–Crippen MR) is 90.7 cm³/mol. The molecule has 1 aromatic carbocycles. The van der Waals surface area contributed by atoms with E-state index in [1.54, 1.807) is 9.80 Å². The number of benzene rings is 1. The van der Waals surface area contributed by atoms with Gasteiger partial charge in [0.15, 0.2) is 0 Å². The summed E-state index contributed by atoms with van der Waals surface area (Å²) >= 11 is 0. The van der Waals surface area contributed by atoms with E-state index in [4.69, 9.17) is 0 Å². The van der Waals surface area contributed by atoms with Gasteiger partial charge in [0, 0.05) is 25.3 Å². The highest BCUT2D eigenvalue weighted by atomic mass is 16.2. The Bertz CT molecular complexity index is 606. The van der Waals surface area contributed by atoms with E-state index in [0.717, 1.165) is 11.3 Å².